The van der Waals surface area contributed by atoms with E-state index in [0.717, 1.165) is 43.7 Å². The van der Waals surface area contributed by atoms with Crippen LogP contribution >= 0.6 is 11.6 Å². The summed E-state index contributed by atoms with van der Waals surface area (Å²) in [5, 5.41) is 0.780. The van der Waals surface area contributed by atoms with Crippen molar-refractivity contribution in [2.45, 2.75) is 50.2 Å². The molecule has 0 saturated heterocycles. The number of fused-ring (bicyclic) bond motifs is 1. The fourth-order valence-corrected chi connectivity index (χ4v) is 6.29. The number of nitrogens with zero attached hydrogens (tertiary/aromatic N) is 2. The number of nitrogens with two attached hydrogens (primary N) is 1. The fourth-order valence-electron chi connectivity index (χ4n) is 6.09. The number of rotatable bonds is 2. The molecule has 3 aliphatic rings. The minimum absolute atomic E-state index is 0.0287. The zero-order chi connectivity index (χ0) is 20.9. The summed E-state index contributed by atoms with van der Waals surface area (Å²) in [5.74, 6) is 0.667. The maximum absolute atomic E-state index is 6.23. The number of halogens is 1. The van der Waals surface area contributed by atoms with Crippen LogP contribution in [0.25, 0.3) is 11.1 Å². The van der Waals surface area contributed by atoms with Crippen molar-refractivity contribution in [2.24, 2.45) is 16.1 Å². The molecule has 4 nitrogen and oxygen atoms in total. The Hall–Kier alpha value is -2.04. The van der Waals surface area contributed by atoms with Crippen LogP contribution in [0.1, 0.15) is 36.8 Å². The molecule has 30 heavy (non-hydrogen) atoms. The van der Waals surface area contributed by atoms with Crippen molar-refractivity contribution in [3.63, 3.8) is 0 Å². The summed E-state index contributed by atoms with van der Waals surface area (Å²) in [6.07, 6.45) is 6.90. The molecule has 1 aliphatic heterocycles. The van der Waals surface area contributed by atoms with Crippen molar-refractivity contribution in [3.8, 4) is 11.1 Å². The van der Waals surface area contributed by atoms with Gasteiger partial charge >= 0.3 is 0 Å². The van der Waals surface area contributed by atoms with Crippen LogP contribution in [0.2, 0.25) is 5.02 Å². The van der Waals surface area contributed by atoms with Gasteiger partial charge in [0.25, 0.3) is 0 Å². The number of hydrogen-bond donors (Lipinski definition) is 1. The molecular weight excluding hydrogens is 394 g/mol. The smallest absolute Gasteiger partial charge is 0.191 e. The van der Waals surface area contributed by atoms with E-state index >= 15 is 0 Å². The van der Waals surface area contributed by atoms with Crippen LogP contribution in [-0.4, -0.2) is 43.2 Å². The Balaban J connectivity index is 1.47. The van der Waals surface area contributed by atoms with Crippen molar-refractivity contribution < 1.29 is 4.74 Å². The summed E-state index contributed by atoms with van der Waals surface area (Å²) >= 11 is 6.23. The van der Waals surface area contributed by atoms with E-state index < -0.39 is 0 Å². The molecule has 2 aromatic carbocycles. The maximum Gasteiger partial charge on any atom is 0.191 e. The first kappa shape index (κ1) is 19.9. The summed E-state index contributed by atoms with van der Waals surface area (Å²) in [6.45, 7) is 0.779. The van der Waals surface area contributed by atoms with Gasteiger partial charge in [0.1, 0.15) is 0 Å². The largest absolute Gasteiger partial charge is 0.381 e. The van der Waals surface area contributed by atoms with Crippen LogP contribution in [0, 0.1) is 5.41 Å². The van der Waals surface area contributed by atoms with E-state index in [1.54, 1.807) is 0 Å². The van der Waals surface area contributed by atoms with E-state index in [-0.39, 0.29) is 17.1 Å². The van der Waals surface area contributed by atoms with Crippen LogP contribution in [0.3, 0.4) is 0 Å². The van der Waals surface area contributed by atoms with Gasteiger partial charge in [-0.1, -0.05) is 41.9 Å². The Morgan fingerprint density at radius 1 is 1.13 bits per heavy atom. The summed E-state index contributed by atoms with van der Waals surface area (Å²) in [4.78, 5) is 6.85. The highest BCUT2D eigenvalue weighted by Gasteiger charge is 2.52. The summed E-state index contributed by atoms with van der Waals surface area (Å²) in [7, 11) is 3.95. The molecule has 0 aromatic heterocycles. The van der Waals surface area contributed by atoms with Crippen molar-refractivity contribution in [3.05, 3.63) is 58.6 Å². The normalized spacial score (nSPS) is 30.6. The Bertz CT molecular complexity index is 1010. The Labute approximate surface area is 184 Å². The second kappa shape index (κ2) is 7.28. The average molecular weight is 424 g/mol. The first-order valence-corrected chi connectivity index (χ1v) is 11.2. The molecule has 1 fully saturated rings. The van der Waals surface area contributed by atoms with Crippen molar-refractivity contribution >= 4 is 17.6 Å². The molecule has 0 radical (unpaired) electrons. The second-order valence-corrected chi connectivity index (χ2v) is 10.0. The molecule has 5 heteroatoms. The first-order chi connectivity index (χ1) is 14.4. The van der Waals surface area contributed by atoms with Crippen LogP contribution in [0.15, 0.2) is 47.5 Å². The zero-order valence-electron chi connectivity index (χ0n) is 17.8. The minimum Gasteiger partial charge on any atom is -0.381 e. The number of methoxy groups -OCH3 is 1. The molecule has 1 saturated carbocycles. The van der Waals surface area contributed by atoms with Crippen LogP contribution in [0.5, 0.6) is 0 Å². The Morgan fingerprint density at radius 3 is 2.67 bits per heavy atom. The zero-order valence-corrected chi connectivity index (χ0v) is 18.6. The second-order valence-electron chi connectivity index (χ2n) is 9.58. The molecular formula is C25H30ClN3O. The van der Waals surface area contributed by atoms with E-state index in [4.69, 9.17) is 22.1 Å². The number of hydrogen-bond acceptors (Lipinski definition) is 4. The molecule has 2 aliphatic carbocycles. The highest BCUT2D eigenvalue weighted by molar-refractivity contribution is 6.30. The molecule has 5 rings (SSSR count). The number of likely N-dealkylation sites (N-methyl/N-ethyl adjacent to an activating group) is 1. The van der Waals surface area contributed by atoms with E-state index in [0.29, 0.717) is 5.96 Å². The third kappa shape index (κ3) is 3.30. The number of ether oxygens (including phenoxy) is 1. The van der Waals surface area contributed by atoms with Gasteiger partial charge in [0.05, 0.1) is 18.2 Å². The van der Waals surface area contributed by atoms with E-state index in [1.165, 1.54) is 28.7 Å². The minimum atomic E-state index is -0.0287. The third-order valence-electron chi connectivity index (χ3n) is 7.73. The molecule has 158 valence electrons. The van der Waals surface area contributed by atoms with E-state index in [2.05, 4.69) is 41.2 Å². The predicted molar refractivity (Wildman–Crippen MR) is 123 cm³/mol. The van der Waals surface area contributed by atoms with Gasteiger partial charge in [0, 0.05) is 19.2 Å². The van der Waals surface area contributed by atoms with Gasteiger partial charge in [-0.3, -0.25) is 4.99 Å². The van der Waals surface area contributed by atoms with Gasteiger partial charge < -0.3 is 15.4 Å². The van der Waals surface area contributed by atoms with Crippen molar-refractivity contribution in [1.82, 2.24) is 4.90 Å². The van der Waals surface area contributed by atoms with Gasteiger partial charge in [0.15, 0.2) is 5.96 Å². The fraction of sp³-hybridized carbons (Fsp3) is 0.480. The van der Waals surface area contributed by atoms with E-state index in [1.807, 2.05) is 25.3 Å². The molecule has 3 atom stereocenters. The number of benzene rings is 2. The molecule has 0 bridgehead atoms. The molecule has 2 spiro atoms. The molecule has 0 amide bonds. The quantitative estimate of drug-likeness (QED) is 0.762. The van der Waals surface area contributed by atoms with E-state index in [9.17, 15) is 0 Å². The molecule has 2 N–H and O–H groups in total. The number of guanidine groups is 1. The average Bonchev–Trinajstić information content (AvgIpc) is 3.16. The lowest BCUT2D eigenvalue weighted by molar-refractivity contribution is 0.0518. The Kier molecular flexibility index (Phi) is 4.83. The maximum atomic E-state index is 6.23. The van der Waals surface area contributed by atoms with Gasteiger partial charge in [-0.15, -0.1) is 0 Å². The standard InChI is InChI=1S/C25H30ClN3O/c1-29-23(27)28-16-25(29)14-22(30-2)8-9-24(15-25)12-19-7-6-18(10-20(19)13-24)17-4-3-5-21(26)11-17/h3-7,10-11,22H,8-9,12-16H2,1-2H3,(H2,27,28). The van der Waals surface area contributed by atoms with Crippen LogP contribution < -0.4 is 5.73 Å². The topological polar surface area (TPSA) is 50.9 Å². The molecule has 2 aromatic rings. The lowest BCUT2D eigenvalue weighted by Crippen LogP contribution is -2.52. The predicted octanol–water partition coefficient (Wildman–Crippen LogP) is 4.68. The van der Waals surface area contributed by atoms with Gasteiger partial charge in [-0.25, -0.2) is 0 Å². The Morgan fingerprint density at radius 2 is 1.93 bits per heavy atom. The monoisotopic (exact) mass is 423 g/mol. The SMILES string of the molecule is COC1CCC2(Cc3ccc(-c4cccc(Cl)c4)cc3C2)CC2(CN=C(N)N2C)C1. The van der Waals surface area contributed by atoms with Gasteiger partial charge in [-0.05, 0) is 78.3 Å². The summed E-state index contributed by atoms with van der Waals surface area (Å²) < 4.78 is 5.88. The molecule has 3 unspecified atom stereocenters. The van der Waals surface area contributed by atoms with Crippen LogP contribution in [0.4, 0.5) is 0 Å². The van der Waals surface area contributed by atoms with Gasteiger partial charge in [-0.2, -0.15) is 0 Å². The summed E-state index contributed by atoms with van der Waals surface area (Å²) in [5.41, 5.74) is 11.8. The van der Waals surface area contributed by atoms with Crippen molar-refractivity contribution in [2.75, 3.05) is 20.7 Å². The third-order valence-corrected chi connectivity index (χ3v) is 7.96. The van der Waals surface area contributed by atoms with Gasteiger partial charge in [0.2, 0.25) is 0 Å². The lowest BCUT2D eigenvalue weighted by atomic mass is 9.72. The first-order valence-electron chi connectivity index (χ1n) is 10.9. The molecule has 1 heterocycles. The highest BCUT2D eigenvalue weighted by Crippen LogP contribution is 2.52. The van der Waals surface area contributed by atoms with Crippen LogP contribution in [-0.2, 0) is 17.6 Å². The lowest BCUT2D eigenvalue weighted by Gasteiger charge is -2.42. The van der Waals surface area contributed by atoms with Crippen molar-refractivity contribution in [1.29, 1.82) is 0 Å². The highest BCUT2D eigenvalue weighted by atomic mass is 35.5. The summed E-state index contributed by atoms with van der Waals surface area (Å²) in [6, 6.07) is 15.1. The number of aliphatic imine (C=N–C) groups is 1.